The molecule has 1 aromatic carbocycles. The summed E-state index contributed by atoms with van der Waals surface area (Å²) in [5.74, 6) is 0. The lowest BCUT2D eigenvalue weighted by atomic mass is 9.79. The van der Waals surface area contributed by atoms with Crippen LogP contribution in [0.2, 0.25) is 0 Å². The number of alkyl halides is 4. The van der Waals surface area contributed by atoms with E-state index in [1.807, 2.05) is 0 Å². The van der Waals surface area contributed by atoms with Gasteiger partial charge in [-0.25, -0.2) is 4.39 Å². The first kappa shape index (κ1) is 13.9. The van der Waals surface area contributed by atoms with Gasteiger partial charge >= 0.3 is 13.3 Å². The minimum Gasteiger partial charge on any atom is -0.423 e. The number of rotatable bonds is 3. The van der Waals surface area contributed by atoms with Crippen LogP contribution in [0.5, 0.6) is 0 Å². The standard InChI is InChI=1S/C9H9BF4O3/c11-5-8(15,9(12,13)14)6-1-3-7(4-2-6)10(16)17/h1-4,15-17H,5H2. The second-order valence-electron chi connectivity index (χ2n) is 3.49. The second-order valence-corrected chi connectivity index (χ2v) is 3.49. The lowest BCUT2D eigenvalue weighted by molar-refractivity contribution is -0.271. The van der Waals surface area contributed by atoms with Gasteiger partial charge in [0.15, 0.2) is 0 Å². The SMILES string of the molecule is OB(O)c1ccc(C(O)(CF)C(F)(F)F)cc1. The Kier molecular flexibility index (Phi) is 3.80. The molecule has 0 radical (unpaired) electrons. The molecule has 1 aromatic rings. The van der Waals surface area contributed by atoms with Crippen molar-refractivity contribution in [3.8, 4) is 0 Å². The quantitative estimate of drug-likeness (QED) is 0.527. The summed E-state index contributed by atoms with van der Waals surface area (Å²) in [5, 5.41) is 26.7. The summed E-state index contributed by atoms with van der Waals surface area (Å²) < 4.78 is 49.8. The van der Waals surface area contributed by atoms with Crippen molar-refractivity contribution in [1.29, 1.82) is 0 Å². The number of halogens is 4. The first-order chi connectivity index (χ1) is 7.72. The van der Waals surface area contributed by atoms with E-state index in [1.54, 1.807) is 0 Å². The second kappa shape index (κ2) is 4.63. The van der Waals surface area contributed by atoms with Crippen LogP contribution in [0.3, 0.4) is 0 Å². The maximum absolute atomic E-state index is 12.5. The number of hydrogen-bond acceptors (Lipinski definition) is 3. The molecule has 0 bridgehead atoms. The number of benzene rings is 1. The average Bonchev–Trinajstić information content (AvgIpc) is 2.26. The topological polar surface area (TPSA) is 60.7 Å². The van der Waals surface area contributed by atoms with Gasteiger partial charge in [-0.05, 0) is 11.0 Å². The lowest BCUT2D eigenvalue weighted by Gasteiger charge is -2.28. The molecule has 8 heteroatoms. The minimum atomic E-state index is -5.15. The highest BCUT2D eigenvalue weighted by Crippen LogP contribution is 2.38. The van der Waals surface area contributed by atoms with Crippen LogP contribution in [0.4, 0.5) is 17.6 Å². The summed E-state index contributed by atoms with van der Waals surface area (Å²) in [4.78, 5) is 0. The van der Waals surface area contributed by atoms with Gasteiger partial charge in [-0.3, -0.25) is 0 Å². The fourth-order valence-corrected chi connectivity index (χ4v) is 1.25. The molecule has 3 N–H and O–H groups in total. The highest BCUT2D eigenvalue weighted by molar-refractivity contribution is 6.58. The van der Waals surface area contributed by atoms with E-state index in [-0.39, 0.29) is 5.46 Å². The molecule has 0 saturated carbocycles. The minimum absolute atomic E-state index is 0.0582. The van der Waals surface area contributed by atoms with Gasteiger partial charge < -0.3 is 15.2 Å². The largest absolute Gasteiger partial charge is 0.488 e. The van der Waals surface area contributed by atoms with E-state index in [1.165, 1.54) is 0 Å². The van der Waals surface area contributed by atoms with Gasteiger partial charge in [-0.15, -0.1) is 0 Å². The molecule has 0 aromatic heterocycles. The Bertz CT molecular complexity index is 379. The molecule has 3 nitrogen and oxygen atoms in total. The van der Waals surface area contributed by atoms with Crippen LogP contribution >= 0.6 is 0 Å². The molecule has 1 rings (SSSR count). The van der Waals surface area contributed by atoms with E-state index < -0.39 is 31.1 Å². The zero-order chi connectivity index (χ0) is 13.3. The van der Waals surface area contributed by atoms with E-state index in [0.717, 1.165) is 24.3 Å². The first-order valence-electron chi connectivity index (χ1n) is 4.54. The van der Waals surface area contributed by atoms with Crippen LogP contribution in [-0.4, -0.2) is 35.1 Å². The monoisotopic (exact) mass is 252 g/mol. The summed E-state index contributed by atoms with van der Waals surface area (Å²) in [6.45, 7) is -2.02. The van der Waals surface area contributed by atoms with Crippen molar-refractivity contribution < 1.29 is 32.7 Å². The van der Waals surface area contributed by atoms with Gasteiger partial charge in [0.2, 0.25) is 5.60 Å². The van der Waals surface area contributed by atoms with Crippen LogP contribution in [0, 0.1) is 0 Å². The molecule has 0 saturated heterocycles. The van der Waals surface area contributed by atoms with Crippen molar-refractivity contribution >= 4 is 12.6 Å². The van der Waals surface area contributed by atoms with Crippen molar-refractivity contribution in [3.63, 3.8) is 0 Å². The van der Waals surface area contributed by atoms with Gasteiger partial charge in [0.1, 0.15) is 6.67 Å². The highest BCUT2D eigenvalue weighted by atomic mass is 19.4. The van der Waals surface area contributed by atoms with Crippen molar-refractivity contribution in [2.24, 2.45) is 0 Å². The van der Waals surface area contributed by atoms with Crippen LogP contribution in [0.15, 0.2) is 24.3 Å². The molecular formula is C9H9BF4O3. The van der Waals surface area contributed by atoms with E-state index in [9.17, 15) is 22.7 Å². The van der Waals surface area contributed by atoms with Crippen molar-refractivity contribution in [1.82, 2.24) is 0 Å². The molecule has 1 unspecified atom stereocenters. The number of aliphatic hydroxyl groups is 1. The van der Waals surface area contributed by atoms with E-state index in [2.05, 4.69) is 0 Å². The fourth-order valence-electron chi connectivity index (χ4n) is 1.25. The molecular weight excluding hydrogens is 243 g/mol. The van der Waals surface area contributed by atoms with Gasteiger partial charge in [0.25, 0.3) is 0 Å². The zero-order valence-corrected chi connectivity index (χ0v) is 8.45. The third-order valence-electron chi connectivity index (χ3n) is 2.35. The molecule has 17 heavy (non-hydrogen) atoms. The Morgan fingerprint density at radius 2 is 1.53 bits per heavy atom. The molecule has 0 fully saturated rings. The van der Waals surface area contributed by atoms with Crippen LogP contribution in [0.25, 0.3) is 0 Å². The molecule has 0 aliphatic carbocycles. The fraction of sp³-hybridized carbons (Fsp3) is 0.333. The molecule has 0 aliphatic heterocycles. The van der Waals surface area contributed by atoms with Crippen molar-refractivity contribution in [2.75, 3.05) is 6.67 Å². The first-order valence-corrected chi connectivity index (χ1v) is 4.54. The van der Waals surface area contributed by atoms with E-state index in [4.69, 9.17) is 10.0 Å². The summed E-state index contributed by atoms with van der Waals surface area (Å²) in [6.07, 6.45) is -5.15. The van der Waals surface area contributed by atoms with E-state index in [0.29, 0.717) is 0 Å². The average molecular weight is 252 g/mol. The van der Waals surface area contributed by atoms with Crippen LogP contribution in [0.1, 0.15) is 5.56 Å². The Hall–Kier alpha value is -1.12. The molecule has 1 atom stereocenters. The van der Waals surface area contributed by atoms with Crippen molar-refractivity contribution in [2.45, 2.75) is 11.8 Å². The summed E-state index contributed by atoms with van der Waals surface area (Å²) in [5.41, 5.74) is -4.33. The highest BCUT2D eigenvalue weighted by Gasteiger charge is 2.55. The predicted octanol–water partition coefficient (Wildman–Crippen LogP) is 0.0858. The molecule has 0 heterocycles. The Labute approximate surface area is 94.5 Å². The molecule has 94 valence electrons. The third-order valence-corrected chi connectivity index (χ3v) is 2.35. The normalized spacial score (nSPS) is 15.5. The molecule has 0 aliphatic rings. The third kappa shape index (κ3) is 2.59. The van der Waals surface area contributed by atoms with Crippen LogP contribution < -0.4 is 5.46 Å². The predicted molar refractivity (Wildman–Crippen MR) is 52.2 cm³/mol. The molecule has 0 amide bonds. The maximum Gasteiger partial charge on any atom is 0.488 e. The van der Waals surface area contributed by atoms with Gasteiger partial charge in [-0.1, -0.05) is 24.3 Å². The lowest BCUT2D eigenvalue weighted by Crippen LogP contribution is -2.44. The van der Waals surface area contributed by atoms with Gasteiger partial charge in [0.05, 0.1) is 0 Å². The smallest absolute Gasteiger partial charge is 0.423 e. The number of hydrogen-bond donors (Lipinski definition) is 3. The Morgan fingerprint density at radius 1 is 1.06 bits per heavy atom. The summed E-state index contributed by atoms with van der Waals surface area (Å²) in [6, 6.07) is 3.52. The zero-order valence-electron chi connectivity index (χ0n) is 8.45. The van der Waals surface area contributed by atoms with Crippen LogP contribution in [-0.2, 0) is 5.60 Å². The summed E-state index contributed by atoms with van der Waals surface area (Å²) in [7, 11) is -1.84. The Balaban J connectivity index is 3.14. The van der Waals surface area contributed by atoms with Gasteiger partial charge in [0, 0.05) is 0 Å². The van der Waals surface area contributed by atoms with Gasteiger partial charge in [-0.2, -0.15) is 13.2 Å². The maximum atomic E-state index is 12.5. The Morgan fingerprint density at radius 3 is 1.82 bits per heavy atom. The molecule has 0 spiro atoms. The summed E-state index contributed by atoms with van der Waals surface area (Å²) >= 11 is 0. The van der Waals surface area contributed by atoms with E-state index >= 15 is 0 Å². The van der Waals surface area contributed by atoms with Crippen molar-refractivity contribution in [3.05, 3.63) is 29.8 Å².